The molecule has 1 N–H and O–H groups in total. The molecule has 2 aliphatic heterocycles. The third kappa shape index (κ3) is 5.94. The van der Waals surface area contributed by atoms with Crippen LogP contribution in [0.1, 0.15) is 30.0 Å². The molecule has 2 saturated heterocycles. The number of carbonyl (C=O) groups is 3. The molecule has 3 heterocycles. The van der Waals surface area contributed by atoms with Crippen LogP contribution in [0.25, 0.3) is 10.9 Å². The lowest BCUT2D eigenvalue weighted by atomic mass is 9.99. The highest BCUT2D eigenvalue weighted by molar-refractivity contribution is 5.92. The Morgan fingerprint density at radius 2 is 1.63 bits per heavy atom. The summed E-state index contributed by atoms with van der Waals surface area (Å²) < 4.78 is 0. The second-order valence-electron chi connectivity index (χ2n) is 11.1. The summed E-state index contributed by atoms with van der Waals surface area (Å²) in [6, 6.07) is 28.5. The van der Waals surface area contributed by atoms with E-state index < -0.39 is 12.2 Å². The Labute approximate surface area is 251 Å². The highest BCUT2D eigenvalue weighted by Crippen LogP contribution is 2.31. The number of para-hydroxylation sites is 1. The van der Waals surface area contributed by atoms with Gasteiger partial charge in [0.25, 0.3) is 0 Å². The molecule has 2 fully saturated rings. The van der Waals surface area contributed by atoms with Crippen LogP contribution in [-0.4, -0.2) is 74.5 Å². The third-order valence-corrected chi connectivity index (χ3v) is 8.21. The highest BCUT2D eigenvalue weighted by atomic mass is 16.2. The van der Waals surface area contributed by atoms with E-state index in [0.717, 1.165) is 34.0 Å². The van der Waals surface area contributed by atoms with Crippen molar-refractivity contribution >= 4 is 28.7 Å². The number of hydrazine groups is 1. The van der Waals surface area contributed by atoms with Gasteiger partial charge in [-0.05, 0) is 35.2 Å². The number of aromatic nitrogens is 1. The molecular weight excluding hydrogens is 540 g/mol. The highest BCUT2D eigenvalue weighted by Gasteiger charge is 2.52. The number of benzene rings is 3. The van der Waals surface area contributed by atoms with Crippen molar-refractivity contribution in [2.75, 3.05) is 19.6 Å². The third-order valence-electron chi connectivity index (χ3n) is 8.21. The molecule has 1 aromatic heterocycles. The number of pyridine rings is 1. The summed E-state index contributed by atoms with van der Waals surface area (Å²) in [5, 5.41) is 7.53. The smallest absolute Gasteiger partial charge is 0.332 e. The molecule has 2 aliphatic rings. The molecule has 0 radical (unpaired) electrons. The predicted octanol–water partition coefficient (Wildman–Crippen LogP) is 4.20. The van der Waals surface area contributed by atoms with E-state index in [0.29, 0.717) is 32.6 Å². The van der Waals surface area contributed by atoms with Crippen molar-refractivity contribution in [3.05, 3.63) is 114 Å². The molecule has 2 atom stereocenters. The van der Waals surface area contributed by atoms with Gasteiger partial charge >= 0.3 is 6.03 Å². The Morgan fingerprint density at radius 3 is 2.37 bits per heavy atom. The maximum atomic E-state index is 14.2. The maximum absolute atomic E-state index is 14.2. The molecule has 43 heavy (non-hydrogen) atoms. The fourth-order valence-corrected chi connectivity index (χ4v) is 6.15. The van der Waals surface area contributed by atoms with Crippen molar-refractivity contribution in [1.29, 1.82) is 0 Å². The zero-order chi connectivity index (χ0) is 29.8. The fourth-order valence-electron chi connectivity index (χ4n) is 6.15. The van der Waals surface area contributed by atoms with E-state index in [1.807, 2.05) is 108 Å². The average Bonchev–Trinajstić information content (AvgIpc) is 3.36. The molecule has 3 aromatic carbocycles. The van der Waals surface area contributed by atoms with Gasteiger partial charge in [0.05, 0.1) is 18.6 Å². The normalized spacial score (nSPS) is 18.6. The number of piperazine rings is 1. The Bertz CT molecular complexity index is 1590. The molecule has 9 heteroatoms. The number of hydrogen-bond acceptors (Lipinski definition) is 5. The second kappa shape index (κ2) is 12.6. The van der Waals surface area contributed by atoms with E-state index in [-0.39, 0.29) is 24.4 Å². The number of rotatable bonds is 9. The van der Waals surface area contributed by atoms with Gasteiger partial charge in [0, 0.05) is 37.6 Å². The summed E-state index contributed by atoms with van der Waals surface area (Å²) in [4.78, 5) is 49.4. The molecule has 0 saturated carbocycles. The van der Waals surface area contributed by atoms with Crippen LogP contribution in [0.4, 0.5) is 4.79 Å². The van der Waals surface area contributed by atoms with E-state index in [4.69, 9.17) is 0 Å². The number of nitrogens with zero attached hydrogens (tertiary/aromatic N) is 5. The first-order chi connectivity index (χ1) is 21.0. The lowest BCUT2D eigenvalue weighted by molar-refractivity contribution is -0.157. The van der Waals surface area contributed by atoms with Gasteiger partial charge in [-0.25, -0.2) is 4.79 Å². The Hall–Kier alpha value is -4.76. The second-order valence-corrected chi connectivity index (χ2v) is 11.1. The number of hydrogen-bond donors (Lipinski definition) is 1. The average molecular weight is 577 g/mol. The lowest BCUT2D eigenvalue weighted by Crippen LogP contribution is -2.66. The lowest BCUT2D eigenvalue weighted by Gasteiger charge is -2.46. The number of nitrogens with one attached hydrogen (secondary N) is 1. The van der Waals surface area contributed by atoms with E-state index in [9.17, 15) is 14.4 Å². The largest absolute Gasteiger partial charge is 0.333 e. The van der Waals surface area contributed by atoms with Gasteiger partial charge in [0.15, 0.2) is 0 Å². The molecule has 0 unspecified atom stereocenters. The molecular formula is C34H36N6O3. The molecule has 9 nitrogen and oxygen atoms in total. The monoisotopic (exact) mass is 576 g/mol. The quantitative estimate of drug-likeness (QED) is 0.323. The van der Waals surface area contributed by atoms with Crippen LogP contribution in [-0.2, 0) is 29.1 Å². The van der Waals surface area contributed by atoms with Crippen molar-refractivity contribution in [2.24, 2.45) is 0 Å². The number of amides is 4. The first kappa shape index (κ1) is 28.4. The predicted molar refractivity (Wildman–Crippen MR) is 164 cm³/mol. The molecule has 6 rings (SSSR count). The Morgan fingerprint density at radius 1 is 0.930 bits per heavy atom. The van der Waals surface area contributed by atoms with E-state index in [1.54, 1.807) is 16.1 Å². The molecule has 0 spiro atoms. The summed E-state index contributed by atoms with van der Waals surface area (Å²) in [6.45, 7) is 3.55. The standard InChI is InChI=1S/C34H36N6O3/c1-2-19-38(34(43)36-21-26-13-7-4-8-14-26)39-24-32(41)40-30(20-25-11-5-3-6-12-25)33(42)37(23-31(39)40)22-27-17-18-35-29-16-10-9-15-28(27)29/h3-18,30-31H,2,19-24H2,1H3,(H,36,43)/t30-,31+/m0/s1. The number of carbonyl (C=O) groups excluding carboxylic acids is 3. The summed E-state index contributed by atoms with van der Waals surface area (Å²) >= 11 is 0. The van der Waals surface area contributed by atoms with E-state index in [1.165, 1.54) is 0 Å². The van der Waals surface area contributed by atoms with Gasteiger partial charge in [-0.15, -0.1) is 0 Å². The van der Waals surface area contributed by atoms with E-state index in [2.05, 4.69) is 10.3 Å². The van der Waals surface area contributed by atoms with Gasteiger partial charge < -0.3 is 15.1 Å². The molecule has 0 aliphatic carbocycles. The van der Waals surface area contributed by atoms with Crippen molar-refractivity contribution in [3.8, 4) is 0 Å². The topological polar surface area (TPSA) is 89.1 Å². The van der Waals surface area contributed by atoms with Crippen LogP contribution >= 0.6 is 0 Å². The minimum absolute atomic E-state index is 0.0357. The zero-order valence-corrected chi connectivity index (χ0v) is 24.3. The van der Waals surface area contributed by atoms with Crippen molar-refractivity contribution < 1.29 is 14.4 Å². The molecule has 4 amide bonds. The molecule has 220 valence electrons. The van der Waals surface area contributed by atoms with Crippen LogP contribution in [0.2, 0.25) is 0 Å². The Balaban J connectivity index is 1.31. The van der Waals surface area contributed by atoms with Gasteiger partial charge in [-0.2, -0.15) is 5.01 Å². The van der Waals surface area contributed by atoms with Crippen molar-refractivity contribution in [3.63, 3.8) is 0 Å². The fraction of sp³-hybridized carbons (Fsp3) is 0.294. The Kier molecular flexibility index (Phi) is 8.33. The first-order valence-electron chi connectivity index (χ1n) is 14.9. The first-order valence-corrected chi connectivity index (χ1v) is 14.9. The summed E-state index contributed by atoms with van der Waals surface area (Å²) in [5.74, 6) is -0.239. The summed E-state index contributed by atoms with van der Waals surface area (Å²) in [7, 11) is 0. The SMILES string of the molecule is CCCN(C(=O)NCc1ccccc1)N1CC(=O)N2[C@@H](Cc3ccccc3)C(=O)N(Cc3ccnc4ccccc34)C[C@@H]21. The molecule has 0 bridgehead atoms. The van der Waals surface area contributed by atoms with Gasteiger partial charge in [-0.1, -0.05) is 85.8 Å². The minimum Gasteiger partial charge on any atom is -0.333 e. The maximum Gasteiger partial charge on any atom is 0.332 e. The van der Waals surface area contributed by atoms with Gasteiger partial charge in [0.1, 0.15) is 12.2 Å². The van der Waals surface area contributed by atoms with Crippen LogP contribution in [0.3, 0.4) is 0 Å². The zero-order valence-electron chi connectivity index (χ0n) is 24.3. The number of fused-ring (bicyclic) bond motifs is 2. The van der Waals surface area contributed by atoms with Gasteiger partial charge in [-0.3, -0.25) is 19.6 Å². The van der Waals surface area contributed by atoms with Crippen LogP contribution < -0.4 is 5.32 Å². The van der Waals surface area contributed by atoms with Crippen molar-refractivity contribution in [1.82, 2.24) is 30.1 Å². The van der Waals surface area contributed by atoms with Crippen LogP contribution in [0, 0.1) is 0 Å². The van der Waals surface area contributed by atoms with Crippen LogP contribution in [0.5, 0.6) is 0 Å². The molecule has 4 aromatic rings. The van der Waals surface area contributed by atoms with Crippen LogP contribution in [0.15, 0.2) is 97.2 Å². The van der Waals surface area contributed by atoms with Crippen molar-refractivity contribution in [2.45, 2.75) is 45.1 Å². The summed E-state index contributed by atoms with van der Waals surface area (Å²) in [6.07, 6.45) is 2.42. The van der Waals surface area contributed by atoms with Gasteiger partial charge in [0.2, 0.25) is 11.8 Å². The number of urea groups is 1. The summed E-state index contributed by atoms with van der Waals surface area (Å²) in [5.41, 5.74) is 3.84. The van der Waals surface area contributed by atoms with E-state index >= 15 is 0 Å². The minimum atomic E-state index is -0.678.